The van der Waals surface area contributed by atoms with Crippen LogP contribution < -0.4 is 0 Å². The average molecular weight is 520 g/mol. The summed E-state index contributed by atoms with van der Waals surface area (Å²) in [4.78, 5) is 0. The van der Waals surface area contributed by atoms with Gasteiger partial charge in [-0.25, -0.2) is 0 Å². The topological polar surface area (TPSA) is 0 Å². The van der Waals surface area contributed by atoms with Crippen molar-refractivity contribution in [2.45, 2.75) is 22.9 Å². The molecule has 1 atom stereocenters. The summed E-state index contributed by atoms with van der Waals surface area (Å²) in [5.74, 6) is 0. The second kappa shape index (κ2) is 8.04. The maximum absolute atomic E-state index is 6.84. The first-order valence-corrected chi connectivity index (χ1v) is 18.5. The normalized spacial score (nSPS) is 13.9. The SMILES string of the molecule is [Cl][Zr]([Cl])[CH](Cc1cccc2c1Cc1ccccc1-2)c1cccc2c1Cc1ccccc1-2. The molecule has 0 saturated carbocycles. The number of hydrogen-bond acceptors (Lipinski definition) is 0. The van der Waals surface area contributed by atoms with Crippen LogP contribution in [0.3, 0.4) is 0 Å². The molecule has 0 spiro atoms. The summed E-state index contributed by atoms with van der Waals surface area (Å²) >= 11 is -2.60. The van der Waals surface area contributed by atoms with Crippen LogP contribution in [0.25, 0.3) is 22.3 Å². The molecule has 0 radical (unpaired) electrons. The molecule has 0 aromatic heterocycles. The first kappa shape index (κ1) is 20.0. The molecule has 2 aliphatic rings. The molecule has 151 valence electrons. The molecule has 4 aromatic carbocycles. The molecule has 0 bridgehead atoms. The zero-order chi connectivity index (χ0) is 20.9. The Morgan fingerprint density at radius 1 is 0.613 bits per heavy atom. The van der Waals surface area contributed by atoms with E-state index in [0.29, 0.717) is 0 Å². The van der Waals surface area contributed by atoms with Crippen LogP contribution in [-0.2, 0) is 38.6 Å². The molecule has 0 amide bonds. The maximum atomic E-state index is 6.84. The van der Waals surface area contributed by atoms with Crippen molar-refractivity contribution in [3.8, 4) is 22.3 Å². The fourth-order valence-corrected chi connectivity index (χ4v) is 9.91. The Morgan fingerprint density at radius 2 is 1.16 bits per heavy atom. The molecular weight excluding hydrogens is 498 g/mol. The monoisotopic (exact) mass is 517 g/mol. The average Bonchev–Trinajstić information content (AvgIpc) is 3.36. The first-order chi connectivity index (χ1) is 15.2. The molecule has 0 aliphatic heterocycles. The van der Waals surface area contributed by atoms with E-state index in [1.165, 1.54) is 55.6 Å². The third-order valence-electron chi connectivity index (χ3n) is 6.90. The van der Waals surface area contributed by atoms with Crippen molar-refractivity contribution in [1.82, 2.24) is 0 Å². The standard InChI is InChI=1S/C28H21.2ClH.Zr/c1-3-11-23-21(7-1)17-27-19(9-5-13-25(23)27)15-16-20-10-6-14-26-24-12-4-2-8-22(24)18-28(20)26;;;/h1-15H,16-18H2;2*1H;/q;;;+2/p-2. The van der Waals surface area contributed by atoms with Crippen molar-refractivity contribution in [3.05, 3.63) is 118 Å². The van der Waals surface area contributed by atoms with Crippen molar-refractivity contribution in [3.63, 3.8) is 0 Å². The molecule has 4 aromatic rings. The van der Waals surface area contributed by atoms with Crippen LogP contribution in [0.2, 0.25) is 0 Å². The molecule has 0 nitrogen and oxygen atoms in total. The zero-order valence-corrected chi connectivity index (χ0v) is 21.0. The van der Waals surface area contributed by atoms with E-state index in [1.54, 1.807) is 0 Å². The Bertz CT molecular complexity index is 1310. The Hall–Kier alpha value is -1.66. The van der Waals surface area contributed by atoms with Gasteiger partial charge in [-0.2, -0.15) is 0 Å². The third kappa shape index (κ3) is 3.37. The van der Waals surface area contributed by atoms with Gasteiger partial charge in [0.2, 0.25) is 0 Å². The van der Waals surface area contributed by atoms with E-state index in [9.17, 15) is 0 Å². The summed E-state index contributed by atoms with van der Waals surface area (Å²) in [5, 5.41) is 0. The molecular formula is C28H21Cl2Zr. The minimum absolute atomic E-state index is 0.255. The van der Waals surface area contributed by atoms with Gasteiger partial charge in [-0.15, -0.1) is 0 Å². The summed E-state index contributed by atoms with van der Waals surface area (Å²) in [7, 11) is 13.7. The molecule has 31 heavy (non-hydrogen) atoms. The Kier molecular flexibility index (Phi) is 5.18. The van der Waals surface area contributed by atoms with Crippen LogP contribution in [0.1, 0.15) is 37.0 Å². The molecule has 0 fully saturated rings. The van der Waals surface area contributed by atoms with E-state index in [1.807, 2.05) is 0 Å². The van der Waals surface area contributed by atoms with Crippen molar-refractivity contribution in [2.75, 3.05) is 0 Å². The molecule has 6 rings (SSSR count). The number of fused-ring (bicyclic) bond motifs is 6. The predicted molar refractivity (Wildman–Crippen MR) is 128 cm³/mol. The van der Waals surface area contributed by atoms with E-state index in [0.717, 1.165) is 19.3 Å². The minimum atomic E-state index is -2.60. The van der Waals surface area contributed by atoms with Gasteiger partial charge >= 0.3 is 200 Å². The van der Waals surface area contributed by atoms with Crippen molar-refractivity contribution in [2.24, 2.45) is 0 Å². The van der Waals surface area contributed by atoms with Crippen molar-refractivity contribution < 1.29 is 19.4 Å². The van der Waals surface area contributed by atoms with Crippen LogP contribution in [-0.4, -0.2) is 0 Å². The van der Waals surface area contributed by atoms with Gasteiger partial charge in [-0.1, -0.05) is 0 Å². The summed E-state index contributed by atoms with van der Waals surface area (Å²) in [6, 6.07) is 31.0. The molecule has 0 heterocycles. The van der Waals surface area contributed by atoms with E-state index in [2.05, 4.69) is 84.9 Å². The zero-order valence-electron chi connectivity index (χ0n) is 17.0. The van der Waals surface area contributed by atoms with Gasteiger partial charge in [0, 0.05) is 0 Å². The van der Waals surface area contributed by atoms with Crippen LogP contribution in [0.5, 0.6) is 0 Å². The van der Waals surface area contributed by atoms with Crippen LogP contribution in [0, 0.1) is 0 Å². The van der Waals surface area contributed by atoms with Gasteiger partial charge in [-0.05, 0) is 0 Å². The van der Waals surface area contributed by atoms with Gasteiger partial charge in [0.1, 0.15) is 0 Å². The molecule has 0 N–H and O–H groups in total. The molecule has 1 unspecified atom stereocenters. The van der Waals surface area contributed by atoms with Crippen molar-refractivity contribution >= 4 is 17.0 Å². The Balaban J connectivity index is 1.41. The third-order valence-corrected chi connectivity index (χ3v) is 12.6. The van der Waals surface area contributed by atoms with Crippen LogP contribution in [0.4, 0.5) is 0 Å². The molecule has 2 aliphatic carbocycles. The van der Waals surface area contributed by atoms with Crippen molar-refractivity contribution in [1.29, 1.82) is 0 Å². The summed E-state index contributed by atoms with van der Waals surface area (Å²) in [5.41, 5.74) is 14.0. The van der Waals surface area contributed by atoms with Gasteiger partial charge < -0.3 is 0 Å². The predicted octanol–water partition coefficient (Wildman–Crippen LogP) is 8.04. The van der Waals surface area contributed by atoms with E-state index in [4.69, 9.17) is 17.0 Å². The number of hydrogen-bond donors (Lipinski definition) is 0. The number of rotatable bonds is 4. The summed E-state index contributed by atoms with van der Waals surface area (Å²) < 4.78 is 0.255. The van der Waals surface area contributed by atoms with Gasteiger partial charge in [-0.3, -0.25) is 0 Å². The first-order valence-electron chi connectivity index (χ1n) is 10.8. The second-order valence-electron chi connectivity index (χ2n) is 8.53. The summed E-state index contributed by atoms with van der Waals surface area (Å²) in [6.07, 6.45) is 2.93. The summed E-state index contributed by atoms with van der Waals surface area (Å²) in [6.45, 7) is 0. The van der Waals surface area contributed by atoms with Gasteiger partial charge in [0.25, 0.3) is 0 Å². The number of benzene rings is 4. The van der Waals surface area contributed by atoms with E-state index < -0.39 is 19.4 Å². The fourth-order valence-electron chi connectivity index (χ4n) is 5.45. The Morgan fingerprint density at radius 3 is 1.84 bits per heavy atom. The van der Waals surface area contributed by atoms with Crippen LogP contribution >= 0.6 is 17.0 Å². The fraction of sp³-hybridized carbons (Fsp3) is 0.143. The van der Waals surface area contributed by atoms with Gasteiger partial charge in [0.05, 0.1) is 0 Å². The van der Waals surface area contributed by atoms with E-state index in [-0.39, 0.29) is 3.63 Å². The Labute approximate surface area is 198 Å². The van der Waals surface area contributed by atoms with Crippen LogP contribution in [0.15, 0.2) is 84.9 Å². The second-order valence-corrected chi connectivity index (χ2v) is 17.6. The molecule has 3 heteroatoms. The molecule has 0 saturated heterocycles. The quantitative estimate of drug-likeness (QED) is 0.221. The number of halogens is 2. The van der Waals surface area contributed by atoms with Gasteiger partial charge in [0.15, 0.2) is 0 Å². The van der Waals surface area contributed by atoms with E-state index >= 15 is 0 Å².